The van der Waals surface area contributed by atoms with Gasteiger partial charge in [-0.15, -0.1) is 0 Å². The van der Waals surface area contributed by atoms with Gasteiger partial charge in [0.1, 0.15) is 5.65 Å². The molecule has 0 saturated carbocycles. The maximum atomic E-state index is 12.7. The number of anilines is 1. The van der Waals surface area contributed by atoms with Crippen LogP contribution in [0.1, 0.15) is 33.6 Å². The number of carbonyl (C=O) groups excluding carboxylic acids is 2. The van der Waals surface area contributed by atoms with E-state index in [2.05, 4.69) is 10.3 Å². The summed E-state index contributed by atoms with van der Waals surface area (Å²) < 4.78 is 2.31. The van der Waals surface area contributed by atoms with Crippen LogP contribution < -0.4 is 16.6 Å². The molecule has 1 fully saturated rings. The van der Waals surface area contributed by atoms with Gasteiger partial charge in [-0.05, 0) is 18.9 Å². The standard InChI is InChI=1S/C20H27N5O4/c1-20(2,3)18(28)25-8-6-12(7-9-25)16(26)22-13-10-14-15(21-11-13)23(4)19(29)24(5)17(14)27/h10-12H,6-9H2,1-5H3,(H,22,26). The van der Waals surface area contributed by atoms with Crippen molar-refractivity contribution in [1.29, 1.82) is 0 Å². The smallest absolute Gasteiger partial charge is 0.332 e. The fourth-order valence-electron chi connectivity index (χ4n) is 3.60. The summed E-state index contributed by atoms with van der Waals surface area (Å²) in [5.41, 5.74) is -0.668. The fourth-order valence-corrected chi connectivity index (χ4v) is 3.60. The lowest BCUT2D eigenvalue weighted by Crippen LogP contribution is -2.45. The number of likely N-dealkylation sites (tertiary alicyclic amines) is 1. The normalized spacial score (nSPS) is 15.6. The van der Waals surface area contributed by atoms with Crippen molar-refractivity contribution in [2.75, 3.05) is 18.4 Å². The van der Waals surface area contributed by atoms with Gasteiger partial charge in [-0.1, -0.05) is 20.8 Å². The van der Waals surface area contributed by atoms with E-state index in [1.807, 2.05) is 25.7 Å². The SMILES string of the molecule is Cn1c(=O)c2cc(NC(=O)C3CCN(C(=O)C(C)(C)C)CC3)cnc2n(C)c1=O. The van der Waals surface area contributed by atoms with E-state index < -0.39 is 16.7 Å². The Balaban J connectivity index is 1.74. The van der Waals surface area contributed by atoms with E-state index in [1.54, 1.807) is 13.1 Å². The molecule has 9 heteroatoms. The molecule has 0 atom stereocenters. The molecule has 0 spiro atoms. The van der Waals surface area contributed by atoms with Gasteiger partial charge in [0.25, 0.3) is 5.56 Å². The number of aromatic nitrogens is 3. The Kier molecular flexibility index (Phi) is 5.34. The molecule has 0 radical (unpaired) electrons. The Morgan fingerprint density at radius 3 is 2.31 bits per heavy atom. The summed E-state index contributed by atoms with van der Waals surface area (Å²) in [6, 6.07) is 1.54. The molecule has 3 heterocycles. The number of hydrogen-bond acceptors (Lipinski definition) is 5. The molecule has 29 heavy (non-hydrogen) atoms. The summed E-state index contributed by atoms with van der Waals surface area (Å²) in [6.07, 6.45) is 2.62. The van der Waals surface area contributed by atoms with E-state index in [1.165, 1.54) is 17.8 Å². The molecule has 0 unspecified atom stereocenters. The first kappa shape index (κ1) is 20.8. The van der Waals surface area contributed by atoms with Crippen molar-refractivity contribution >= 4 is 28.5 Å². The predicted molar refractivity (Wildman–Crippen MR) is 110 cm³/mol. The van der Waals surface area contributed by atoms with Crippen LogP contribution in [0.4, 0.5) is 5.69 Å². The van der Waals surface area contributed by atoms with E-state index in [0.717, 1.165) is 4.57 Å². The molecule has 1 N–H and O–H groups in total. The number of rotatable bonds is 2. The zero-order valence-electron chi connectivity index (χ0n) is 17.5. The number of pyridine rings is 1. The van der Waals surface area contributed by atoms with Crippen LogP contribution in [-0.2, 0) is 23.7 Å². The molecule has 0 aromatic carbocycles. The van der Waals surface area contributed by atoms with Gasteiger partial charge in [0.2, 0.25) is 11.8 Å². The summed E-state index contributed by atoms with van der Waals surface area (Å²) in [5, 5.41) is 3.08. The molecule has 1 aliphatic heterocycles. The first-order chi connectivity index (χ1) is 13.5. The highest BCUT2D eigenvalue weighted by molar-refractivity contribution is 5.94. The Hall–Kier alpha value is -2.97. The van der Waals surface area contributed by atoms with E-state index in [9.17, 15) is 19.2 Å². The van der Waals surface area contributed by atoms with Crippen molar-refractivity contribution in [3.63, 3.8) is 0 Å². The quantitative estimate of drug-likeness (QED) is 0.803. The highest BCUT2D eigenvalue weighted by Gasteiger charge is 2.32. The van der Waals surface area contributed by atoms with Crippen LogP contribution in [0.2, 0.25) is 0 Å². The van der Waals surface area contributed by atoms with Crippen molar-refractivity contribution in [2.24, 2.45) is 25.4 Å². The minimum absolute atomic E-state index is 0.0940. The van der Waals surface area contributed by atoms with Gasteiger partial charge in [-0.2, -0.15) is 0 Å². The molecule has 2 amide bonds. The maximum Gasteiger partial charge on any atom is 0.332 e. The lowest BCUT2D eigenvalue weighted by atomic mass is 9.90. The maximum absolute atomic E-state index is 12.7. The molecular formula is C20H27N5O4. The topological polar surface area (TPSA) is 106 Å². The third-order valence-electron chi connectivity index (χ3n) is 5.36. The Bertz CT molecular complexity index is 1080. The number of fused-ring (bicyclic) bond motifs is 1. The largest absolute Gasteiger partial charge is 0.342 e. The average molecular weight is 401 g/mol. The fraction of sp³-hybridized carbons (Fsp3) is 0.550. The third kappa shape index (κ3) is 3.94. The molecule has 0 aliphatic carbocycles. The second-order valence-corrected chi connectivity index (χ2v) is 8.61. The predicted octanol–water partition coefficient (Wildman–Crippen LogP) is 0.855. The van der Waals surface area contributed by atoms with E-state index >= 15 is 0 Å². The van der Waals surface area contributed by atoms with Gasteiger partial charge in [-0.3, -0.25) is 23.5 Å². The Morgan fingerprint density at radius 2 is 1.72 bits per heavy atom. The average Bonchev–Trinajstić information content (AvgIpc) is 2.69. The monoisotopic (exact) mass is 401 g/mol. The lowest BCUT2D eigenvalue weighted by Gasteiger charge is -2.35. The van der Waals surface area contributed by atoms with Crippen LogP contribution in [0.3, 0.4) is 0 Å². The zero-order valence-corrected chi connectivity index (χ0v) is 17.5. The second kappa shape index (κ2) is 7.46. The summed E-state index contributed by atoms with van der Waals surface area (Å²) in [6.45, 7) is 6.77. The van der Waals surface area contributed by atoms with Crippen LogP contribution in [0.25, 0.3) is 11.0 Å². The summed E-state index contributed by atoms with van der Waals surface area (Å²) in [7, 11) is 2.95. The molecule has 9 nitrogen and oxygen atoms in total. The summed E-state index contributed by atoms with van der Waals surface area (Å²) in [5.74, 6) is -0.273. The summed E-state index contributed by atoms with van der Waals surface area (Å²) >= 11 is 0. The van der Waals surface area contributed by atoms with Gasteiger partial charge in [0, 0.05) is 38.5 Å². The van der Waals surface area contributed by atoms with Crippen LogP contribution >= 0.6 is 0 Å². The molecular weight excluding hydrogens is 374 g/mol. The zero-order chi connectivity index (χ0) is 21.5. The summed E-state index contributed by atoms with van der Waals surface area (Å²) in [4.78, 5) is 55.4. The van der Waals surface area contributed by atoms with Crippen molar-refractivity contribution in [3.8, 4) is 0 Å². The minimum Gasteiger partial charge on any atom is -0.342 e. The van der Waals surface area contributed by atoms with Crippen LogP contribution in [0.5, 0.6) is 0 Å². The van der Waals surface area contributed by atoms with Gasteiger partial charge in [0.05, 0.1) is 17.3 Å². The Labute approximate surface area is 168 Å². The third-order valence-corrected chi connectivity index (χ3v) is 5.36. The number of amides is 2. The van der Waals surface area contributed by atoms with Crippen molar-refractivity contribution < 1.29 is 9.59 Å². The number of piperidine rings is 1. The van der Waals surface area contributed by atoms with Gasteiger partial charge in [0.15, 0.2) is 0 Å². The number of nitrogens with zero attached hydrogens (tertiary/aromatic N) is 4. The molecule has 1 saturated heterocycles. The van der Waals surface area contributed by atoms with Gasteiger partial charge < -0.3 is 10.2 Å². The van der Waals surface area contributed by atoms with Crippen LogP contribution in [0, 0.1) is 11.3 Å². The molecule has 3 rings (SSSR count). The lowest BCUT2D eigenvalue weighted by molar-refractivity contribution is -0.142. The molecule has 2 aromatic rings. The number of hydrogen-bond donors (Lipinski definition) is 1. The molecule has 0 bridgehead atoms. The van der Waals surface area contributed by atoms with E-state index in [0.29, 0.717) is 31.6 Å². The number of aryl methyl sites for hydroxylation is 1. The highest BCUT2D eigenvalue weighted by atomic mass is 16.2. The van der Waals surface area contributed by atoms with Crippen molar-refractivity contribution in [3.05, 3.63) is 33.1 Å². The van der Waals surface area contributed by atoms with Crippen molar-refractivity contribution in [1.82, 2.24) is 19.0 Å². The molecule has 1 aliphatic rings. The first-order valence-corrected chi connectivity index (χ1v) is 9.66. The van der Waals surface area contributed by atoms with E-state index in [-0.39, 0.29) is 28.8 Å². The van der Waals surface area contributed by atoms with Crippen molar-refractivity contribution in [2.45, 2.75) is 33.6 Å². The molecule has 2 aromatic heterocycles. The Morgan fingerprint density at radius 1 is 1.10 bits per heavy atom. The minimum atomic E-state index is -0.458. The van der Waals surface area contributed by atoms with Gasteiger partial charge in [-0.25, -0.2) is 9.78 Å². The second-order valence-electron chi connectivity index (χ2n) is 8.61. The molecule has 156 valence electrons. The highest BCUT2D eigenvalue weighted by Crippen LogP contribution is 2.24. The van der Waals surface area contributed by atoms with Gasteiger partial charge >= 0.3 is 5.69 Å². The number of nitrogens with one attached hydrogen (secondary N) is 1. The van der Waals surface area contributed by atoms with Crippen LogP contribution in [0.15, 0.2) is 21.9 Å². The number of carbonyl (C=O) groups is 2. The van der Waals surface area contributed by atoms with E-state index in [4.69, 9.17) is 0 Å². The first-order valence-electron chi connectivity index (χ1n) is 9.66. The van der Waals surface area contributed by atoms with Crippen LogP contribution in [-0.4, -0.2) is 43.9 Å².